The summed E-state index contributed by atoms with van der Waals surface area (Å²) in [4.78, 5) is 31.6. The van der Waals surface area contributed by atoms with Gasteiger partial charge in [0.05, 0.1) is 11.3 Å². The third-order valence-electron chi connectivity index (χ3n) is 5.77. The molecule has 5 rings (SSSR count). The van der Waals surface area contributed by atoms with Gasteiger partial charge in [0.15, 0.2) is 16.8 Å². The van der Waals surface area contributed by atoms with Crippen LogP contribution in [0, 0.1) is 0 Å². The lowest BCUT2D eigenvalue weighted by Crippen LogP contribution is -2.16. The zero-order valence-corrected chi connectivity index (χ0v) is 20.3. The maximum Gasteiger partial charge on any atom is 0.235 e. The lowest BCUT2D eigenvalue weighted by atomic mass is 9.92. The van der Waals surface area contributed by atoms with E-state index < -0.39 is 0 Å². The van der Waals surface area contributed by atoms with E-state index in [4.69, 9.17) is 0 Å². The number of rotatable bonds is 7. The van der Waals surface area contributed by atoms with E-state index in [9.17, 15) is 9.59 Å². The minimum atomic E-state index is -0.170. The summed E-state index contributed by atoms with van der Waals surface area (Å²) in [6.07, 6.45) is 7.44. The molecule has 3 aromatic heterocycles. The van der Waals surface area contributed by atoms with E-state index in [1.807, 2.05) is 54.1 Å². The number of aromatic nitrogens is 4. The van der Waals surface area contributed by atoms with Crippen molar-refractivity contribution in [1.82, 2.24) is 19.7 Å². The van der Waals surface area contributed by atoms with Gasteiger partial charge in [-0.2, -0.15) is 0 Å². The predicted molar refractivity (Wildman–Crippen MR) is 134 cm³/mol. The molecule has 0 unspecified atom stereocenters. The number of hydrogen-bond acceptors (Lipinski definition) is 7. The van der Waals surface area contributed by atoms with Crippen LogP contribution in [0.4, 0.5) is 5.00 Å². The normalized spacial score (nSPS) is 12.9. The van der Waals surface area contributed by atoms with Gasteiger partial charge in [-0.1, -0.05) is 42.1 Å². The average molecular weight is 490 g/mol. The number of hydrogen-bond donors (Lipinski definition) is 1. The number of benzene rings is 1. The maximum atomic E-state index is 13.4. The second kappa shape index (κ2) is 9.90. The van der Waals surface area contributed by atoms with Crippen LogP contribution in [0.3, 0.4) is 0 Å². The van der Waals surface area contributed by atoms with Crippen LogP contribution < -0.4 is 5.32 Å². The highest BCUT2D eigenvalue weighted by molar-refractivity contribution is 7.99. The molecule has 0 spiro atoms. The molecular formula is C25H23N5O2S2. The number of anilines is 1. The lowest BCUT2D eigenvalue weighted by molar-refractivity contribution is -0.113. The third kappa shape index (κ3) is 4.53. The van der Waals surface area contributed by atoms with Crippen LogP contribution in [-0.4, -0.2) is 37.2 Å². The molecule has 0 atom stereocenters. The fourth-order valence-electron chi connectivity index (χ4n) is 4.11. The van der Waals surface area contributed by atoms with Crippen molar-refractivity contribution in [1.29, 1.82) is 0 Å². The van der Waals surface area contributed by atoms with Crippen LogP contribution in [0.15, 0.2) is 60.0 Å². The molecule has 7 nitrogen and oxygen atoms in total. The van der Waals surface area contributed by atoms with E-state index in [1.54, 1.807) is 12.4 Å². The molecular weight excluding hydrogens is 466 g/mol. The first-order valence-electron chi connectivity index (χ1n) is 11.1. The van der Waals surface area contributed by atoms with Crippen molar-refractivity contribution in [3.63, 3.8) is 0 Å². The fraction of sp³-hybridized carbons (Fsp3) is 0.240. The second-order valence-electron chi connectivity index (χ2n) is 8.05. The Hall–Kier alpha value is -3.30. The molecule has 9 heteroatoms. The largest absolute Gasteiger partial charge is 0.316 e. The lowest BCUT2D eigenvalue weighted by Gasteiger charge is -2.12. The van der Waals surface area contributed by atoms with Crippen LogP contribution in [0.1, 0.15) is 39.2 Å². The monoisotopic (exact) mass is 489 g/mol. The SMILES string of the molecule is Cn1c(SCC(=O)Nc2sc3c(c2C(=O)c2ccccc2)CCCC3)nnc1-c1cccnc1. The van der Waals surface area contributed by atoms with Gasteiger partial charge in [0.2, 0.25) is 5.91 Å². The van der Waals surface area contributed by atoms with Crippen LogP contribution in [0.25, 0.3) is 11.4 Å². The van der Waals surface area contributed by atoms with Crippen molar-refractivity contribution < 1.29 is 9.59 Å². The van der Waals surface area contributed by atoms with Gasteiger partial charge >= 0.3 is 0 Å². The Morgan fingerprint density at radius 3 is 2.71 bits per heavy atom. The Labute approximate surface area is 205 Å². The van der Waals surface area contributed by atoms with Gasteiger partial charge < -0.3 is 9.88 Å². The molecule has 0 radical (unpaired) electrons. The number of carbonyl (C=O) groups excluding carboxylic acids is 2. The number of nitrogens with zero attached hydrogens (tertiary/aromatic N) is 4. The molecule has 3 heterocycles. The summed E-state index contributed by atoms with van der Waals surface area (Å²) in [5.41, 5.74) is 3.26. The molecule has 1 N–H and O–H groups in total. The minimum absolute atomic E-state index is 0.0302. The highest BCUT2D eigenvalue weighted by Gasteiger charge is 2.27. The molecule has 1 aliphatic carbocycles. The van der Waals surface area contributed by atoms with Crippen molar-refractivity contribution >= 4 is 39.8 Å². The van der Waals surface area contributed by atoms with Crippen LogP contribution in [0.5, 0.6) is 0 Å². The smallest absolute Gasteiger partial charge is 0.235 e. The van der Waals surface area contributed by atoms with Crippen molar-refractivity contribution in [2.24, 2.45) is 7.05 Å². The standard InChI is InChI=1S/C25H23N5O2S2/c1-30-23(17-10-7-13-26-14-17)28-29-25(30)33-15-20(31)27-24-21(18-11-5-6-12-19(18)34-24)22(32)16-8-3-2-4-9-16/h2-4,7-10,13-14H,5-6,11-12,15H2,1H3,(H,27,31). The van der Waals surface area contributed by atoms with Gasteiger partial charge in [0.25, 0.3) is 0 Å². The van der Waals surface area contributed by atoms with Crippen molar-refractivity contribution in [2.75, 3.05) is 11.1 Å². The molecule has 4 aromatic rings. The number of thioether (sulfide) groups is 1. The summed E-state index contributed by atoms with van der Waals surface area (Å²) >= 11 is 2.85. The quantitative estimate of drug-likeness (QED) is 0.297. The minimum Gasteiger partial charge on any atom is -0.316 e. The number of ketones is 1. The molecule has 0 fully saturated rings. The van der Waals surface area contributed by atoms with Crippen molar-refractivity contribution in [2.45, 2.75) is 30.8 Å². The number of carbonyl (C=O) groups is 2. The first kappa shape index (κ1) is 22.5. The molecule has 0 saturated heterocycles. The van der Waals surface area contributed by atoms with Crippen molar-refractivity contribution in [3.8, 4) is 11.4 Å². The molecule has 0 saturated carbocycles. The summed E-state index contributed by atoms with van der Waals surface area (Å²) in [6.45, 7) is 0. The van der Waals surface area contributed by atoms with Gasteiger partial charge in [0.1, 0.15) is 5.00 Å². The maximum absolute atomic E-state index is 13.4. The Bertz CT molecular complexity index is 1330. The molecule has 1 amide bonds. The van der Waals surface area contributed by atoms with Gasteiger partial charge in [-0.15, -0.1) is 21.5 Å². The number of fused-ring (bicyclic) bond motifs is 1. The second-order valence-corrected chi connectivity index (χ2v) is 10.1. The third-order valence-corrected chi connectivity index (χ3v) is 8.00. The van der Waals surface area contributed by atoms with E-state index >= 15 is 0 Å². The van der Waals surface area contributed by atoms with E-state index in [-0.39, 0.29) is 17.4 Å². The number of nitrogens with one attached hydrogen (secondary N) is 1. The van der Waals surface area contributed by atoms with E-state index in [0.717, 1.165) is 36.8 Å². The molecule has 1 aliphatic rings. The Morgan fingerprint density at radius 2 is 1.91 bits per heavy atom. The predicted octanol–water partition coefficient (Wildman–Crippen LogP) is 4.78. The first-order chi connectivity index (χ1) is 16.6. The summed E-state index contributed by atoms with van der Waals surface area (Å²) in [5, 5.41) is 12.8. The number of pyridine rings is 1. The number of thiophene rings is 1. The van der Waals surface area contributed by atoms with E-state index in [0.29, 0.717) is 27.1 Å². The number of aryl methyl sites for hydroxylation is 1. The van der Waals surface area contributed by atoms with Crippen molar-refractivity contribution in [3.05, 3.63) is 76.4 Å². The zero-order chi connectivity index (χ0) is 23.5. The zero-order valence-electron chi connectivity index (χ0n) is 18.7. The average Bonchev–Trinajstić information content (AvgIpc) is 3.43. The van der Waals surface area contributed by atoms with Gasteiger partial charge in [0, 0.05) is 35.4 Å². The highest BCUT2D eigenvalue weighted by Crippen LogP contribution is 2.39. The summed E-state index contributed by atoms with van der Waals surface area (Å²) < 4.78 is 1.85. The summed E-state index contributed by atoms with van der Waals surface area (Å²) in [6, 6.07) is 13.0. The number of amides is 1. The topological polar surface area (TPSA) is 89.8 Å². The fourth-order valence-corrected chi connectivity index (χ4v) is 6.12. The molecule has 0 aliphatic heterocycles. The van der Waals surface area contributed by atoms with Crippen LogP contribution >= 0.6 is 23.1 Å². The van der Waals surface area contributed by atoms with Gasteiger partial charge in [-0.3, -0.25) is 14.6 Å². The van der Waals surface area contributed by atoms with Gasteiger partial charge in [-0.05, 0) is 43.4 Å². The molecule has 0 bridgehead atoms. The molecule has 34 heavy (non-hydrogen) atoms. The van der Waals surface area contributed by atoms with Crippen LogP contribution in [0.2, 0.25) is 0 Å². The summed E-state index contributed by atoms with van der Waals surface area (Å²) in [5.74, 6) is 0.660. The molecule has 172 valence electrons. The summed E-state index contributed by atoms with van der Waals surface area (Å²) in [7, 11) is 1.87. The Kier molecular flexibility index (Phi) is 6.55. The van der Waals surface area contributed by atoms with Crippen LogP contribution in [-0.2, 0) is 24.7 Å². The molecule has 1 aromatic carbocycles. The van der Waals surface area contributed by atoms with Gasteiger partial charge in [-0.25, -0.2) is 0 Å². The van der Waals surface area contributed by atoms with E-state index in [1.165, 1.54) is 28.0 Å². The Balaban J connectivity index is 1.33. The highest BCUT2D eigenvalue weighted by atomic mass is 32.2. The van der Waals surface area contributed by atoms with E-state index in [2.05, 4.69) is 20.5 Å². The Morgan fingerprint density at radius 1 is 1.09 bits per heavy atom. The first-order valence-corrected chi connectivity index (χ1v) is 12.9.